The van der Waals surface area contributed by atoms with Gasteiger partial charge >= 0.3 is 0 Å². The van der Waals surface area contributed by atoms with Crippen molar-refractivity contribution in [2.75, 3.05) is 24.6 Å². The third-order valence-electron chi connectivity index (χ3n) is 3.16. The van der Waals surface area contributed by atoms with Gasteiger partial charge in [-0.2, -0.15) is 0 Å². The molecule has 0 aliphatic carbocycles. The summed E-state index contributed by atoms with van der Waals surface area (Å²) >= 11 is 7.33. The van der Waals surface area contributed by atoms with Gasteiger partial charge in [0.1, 0.15) is 0 Å². The van der Waals surface area contributed by atoms with Crippen LogP contribution in [0.4, 0.5) is 0 Å². The molecule has 0 aromatic carbocycles. The average Bonchev–Trinajstić information content (AvgIpc) is 2.75. The Balaban J connectivity index is 1.87. The van der Waals surface area contributed by atoms with Gasteiger partial charge in [0.2, 0.25) is 0 Å². The first-order chi connectivity index (χ1) is 8.50. The normalized spacial score (nSPS) is 24.2. The lowest BCUT2D eigenvalue weighted by Gasteiger charge is -2.32. The van der Waals surface area contributed by atoms with Crippen molar-refractivity contribution >= 4 is 32.8 Å². The Labute approximate surface area is 117 Å². The quantitative estimate of drug-likeness (QED) is 0.792. The van der Waals surface area contributed by atoms with Gasteiger partial charge in [0.05, 0.1) is 28.1 Å². The van der Waals surface area contributed by atoms with Crippen LogP contribution < -0.4 is 0 Å². The van der Waals surface area contributed by atoms with Gasteiger partial charge in [-0.3, -0.25) is 4.90 Å². The first kappa shape index (κ1) is 14.2. The summed E-state index contributed by atoms with van der Waals surface area (Å²) in [6.45, 7) is 3.48. The third kappa shape index (κ3) is 3.66. The Kier molecular flexibility index (Phi) is 4.64. The Bertz CT molecular complexity index is 501. The molecule has 7 heteroatoms. The fourth-order valence-corrected chi connectivity index (χ4v) is 4.77. The fourth-order valence-electron chi connectivity index (χ4n) is 2.13. The highest BCUT2D eigenvalue weighted by Crippen LogP contribution is 2.15. The summed E-state index contributed by atoms with van der Waals surface area (Å²) in [5.74, 6) is 1.01. The second-order valence-electron chi connectivity index (χ2n) is 4.62. The van der Waals surface area contributed by atoms with Crippen LogP contribution in [0.3, 0.4) is 0 Å². The van der Waals surface area contributed by atoms with Crippen LogP contribution in [-0.2, 0) is 22.1 Å². The molecule has 2 rings (SSSR count). The van der Waals surface area contributed by atoms with Crippen LogP contribution in [-0.4, -0.2) is 48.9 Å². The number of thiazole rings is 1. The molecular weight excluding hydrogens is 292 g/mol. The molecule has 102 valence electrons. The molecule has 0 bridgehead atoms. The van der Waals surface area contributed by atoms with Gasteiger partial charge in [0, 0.05) is 30.9 Å². The van der Waals surface area contributed by atoms with E-state index in [0.29, 0.717) is 12.4 Å². The average molecular weight is 309 g/mol. The summed E-state index contributed by atoms with van der Waals surface area (Å²) in [7, 11) is -2.82. The maximum absolute atomic E-state index is 11.5. The number of rotatable bonds is 4. The molecule has 0 N–H and O–H groups in total. The van der Waals surface area contributed by atoms with Crippen molar-refractivity contribution in [3.63, 3.8) is 0 Å². The van der Waals surface area contributed by atoms with E-state index in [0.717, 1.165) is 23.7 Å². The van der Waals surface area contributed by atoms with Crippen molar-refractivity contribution in [2.24, 2.45) is 0 Å². The van der Waals surface area contributed by atoms with Crippen molar-refractivity contribution in [3.05, 3.63) is 16.1 Å². The summed E-state index contributed by atoms with van der Waals surface area (Å²) < 4.78 is 22.9. The first-order valence-electron chi connectivity index (χ1n) is 5.94. The van der Waals surface area contributed by atoms with Crippen LogP contribution in [0.5, 0.6) is 0 Å². The number of hydrogen-bond donors (Lipinski definition) is 0. The Hall–Kier alpha value is -0.170. The van der Waals surface area contributed by atoms with E-state index in [1.165, 1.54) is 0 Å². The molecule has 2 heterocycles. The predicted octanol–water partition coefficient (Wildman–Crippen LogP) is 1.54. The minimum absolute atomic E-state index is 0.108. The largest absolute Gasteiger partial charge is 0.298 e. The lowest BCUT2D eigenvalue weighted by Crippen LogP contribution is -2.47. The topological polar surface area (TPSA) is 50.3 Å². The molecular formula is C11H17ClN2O2S2. The summed E-state index contributed by atoms with van der Waals surface area (Å²) in [6, 6.07) is 0.108. The van der Waals surface area contributed by atoms with Crippen LogP contribution >= 0.6 is 22.9 Å². The number of aromatic nitrogens is 1. The predicted molar refractivity (Wildman–Crippen MR) is 75.1 cm³/mol. The molecule has 1 fully saturated rings. The van der Waals surface area contributed by atoms with E-state index in [9.17, 15) is 8.42 Å². The van der Waals surface area contributed by atoms with E-state index in [4.69, 9.17) is 11.6 Å². The molecule has 0 saturated carbocycles. The lowest BCUT2D eigenvalue weighted by molar-refractivity contribution is 0.229. The van der Waals surface area contributed by atoms with Gasteiger partial charge in [-0.1, -0.05) is 0 Å². The number of hydrogen-bond acceptors (Lipinski definition) is 5. The first-order valence-corrected chi connectivity index (χ1v) is 9.17. The molecule has 1 aromatic heterocycles. The lowest BCUT2D eigenvalue weighted by atomic mass is 10.3. The summed E-state index contributed by atoms with van der Waals surface area (Å²) in [5.41, 5.74) is 0.922. The van der Waals surface area contributed by atoms with Gasteiger partial charge < -0.3 is 0 Å². The summed E-state index contributed by atoms with van der Waals surface area (Å²) in [4.78, 5) is 6.63. The van der Waals surface area contributed by atoms with Crippen LogP contribution in [0, 0.1) is 0 Å². The standard InChI is InChI=1S/C11H17ClN2O2S2/c1-9-8-18(15,16)5-4-14(9)3-2-11-13-10(6-12)7-17-11/h7,9H,2-6,8H2,1H3. The van der Waals surface area contributed by atoms with Crippen LogP contribution in [0.25, 0.3) is 0 Å². The zero-order chi connectivity index (χ0) is 13.2. The molecule has 0 radical (unpaired) electrons. The molecule has 1 saturated heterocycles. The molecule has 1 atom stereocenters. The van der Waals surface area contributed by atoms with E-state index in [-0.39, 0.29) is 17.5 Å². The molecule has 18 heavy (non-hydrogen) atoms. The van der Waals surface area contributed by atoms with Crippen LogP contribution in [0.1, 0.15) is 17.6 Å². The zero-order valence-corrected chi connectivity index (χ0v) is 12.7. The van der Waals surface area contributed by atoms with Crippen LogP contribution in [0.15, 0.2) is 5.38 Å². The second kappa shape index (κ2) is 5.86. The van der Waals surface area contributed by atoms with Gasteiger partial charge in [0.15, 0.2) is 9.84 Å². The molecule has 1 aliphatic heterocycles. The van der Waals surface area contributed by atoms with Crippen molar-refractivity contribution in [2.45, 2.75) is 25.3 Å². The molecule has 1 aliphatic rings. The Morgan fingerprint density at radius 1 is 1.61 bits per heavy atom. The highest BCUT2D eigenvalue weighted by Gasteiger charge is 2.27. The maximum Gasteiger partial charge on any atom is 0.153 e. The summed E-state index contributed by atoms with van der Waals surface area (Å²) in [6.07, 6.45) is 0.867. The van der Waals surface area contributed by atoms with E-state index in [1.54, 1.807) is 11.3 Å². The molecule has 0 spiro atoms. The van der Waals surface area contributed by atoms with E-state index in [2.05, 4.69) is 9.88 Å². The van der Waals surface area contributed by atoms with E-state index >= 15 is 0 Å². The van der Waals surface area contributed by atoms with Crippen molar-refractivity contribution < 1.29 is 8.42 Å². The summed E-state index contributed by atoms with van der Waals surface area (Å²) in [5, 5.41) is 3.05. The van der Waals surface area contributed by atoms with E-state index < -0.39 is 9.84 Å². The number of sulfone groups is 1. The highest BCUT2D eigenvalue weighted by atomic mass is 35.5. The number of alkyl halides is 1. The van der Waals surface area contributed by atoms with Crippen LogP contribution in [0.2, 0.25) is 0 Å². The zero-order valence-electron chi connectivity index (χ0n) is 10.3. The molecule has 1 unspecified atom stereocenters. The number of nitrogens with zero attached hydrogens (tertiary/aromatic N) is 2. The van der Waals surface area contributed by atoms with Crippen molar-refractivity contribution in [3.8, 4) is 0 Å². The van der Waals surface area contributed by atoms with Gasteiger partial charge in [-0.15, -0.1) is 22.9 Å². The second-order valence-corrected chi connectivity index (χ2v) is 8.05. The Morgan fingerprint density at radius 3 is 3.00 bits per heavy atom. The number of halogens is 1. The molecule has 4 nitrogen and oxygen atoms in total. The Morgan fingerprint density at radius 2 is 2.39 bits per heavy atom. The highest BCUT2D eigenvalue weighted by molar-refractivity contribution is 7.91. The fraction of sp³-hybridized carbons (Fsp3) is 0.727. The van der Waals surface area contributed by atoms with Crippen molar-refractivity contribution in [1.29, 1.82) is 0 Å². The maximum atomic E-state index is 11.5. The monoisotopic (exact) mass is 308 g/mol. The minimum Gasteiger partial charge on any atom is -0.298 e. The smallest absolute Gasteiger partial charge is 0.153 e. The van der Waals surface area contributed by atoms with Gasteiger partial charge in [-0.25, -0.2) is 13.4 Å². The molecule has 0 amide bonds. The SMILES string of the molecule is CC1CS(=O)(=O)CCN1CCc1nc(CCl)cs1. The van der Waals surface area contributed by atoms with Crippen molar-refractivity contribution in [1.82, 2.24) is 9.88 Å². The van der Waals surface area contributed by atoms with Gasteiger partial charge in [-0.05, 0) is 6.92 Å². The molecule has 1 aromatic rings. The third-order valence-corrected chi connectivity index (χ3v) is 6.18. The minimum atomic E-state index is -2.82. The van der Waals surface area contributed by atoms with E-state index in [1.807, 2.05) is 12.3 Å². The van der Waals surface area contributed by atoms with Gasteiger partial charge in [0.25, 0.3) is 0 Å².